The Morgan fingerprint density at radius 3 is 1.22 bits per heavy atom. The minimum absolute atomic E-state index is 0.806. The zero-order chi connectivity index (χ0) is 33.3. The Bertz CT molecular complexity index is 912. The summed E-state index contributed by atoms with van der Waals surface area (Å²) in [6.07, 6.45) is -35.6. The molecule has 4 aliphatic rings. The van der Waals surface area contributed by atoms with Crippen LogP contribution >= 0.6 is 0 Å². The summed E-state index contributed by atoms with van der Waals surface area (Å²) in [4.78, 5) is 0. The van der Waals surface area contributed by atoms with Crippen LogP contribution in [0.2, 0.25) is 0 Å². The third kappa shape index (κ3) is 7.44. The van der Waals surface area contributed by atoms with E-state index in [2.05, 4.69) is 0 Å². The van der Waals surface area contributed by atoms with Crippen molar-refractivity contribution in [3.63, 3.8) is 0 Å². The van der Waals surface area contributed by atoms with Crippen molar-refractivity contribution in [2.75, 3.05) is 26.4 Å². The summed E-state index contributed by atoms with van der Waals surface area (Å²) in [5.74, 6) is 0. The molecule has 45 heavy (non-hydrogen) atoms. The van der Waals surface area contributed by atoms with E-state index in [1.165, 1.54) is 0 Å². The molecule has 0 radical (unpaired) electrons. The highest BCUT2D eigenvalue weighted by atomic mass is 16.8. The minimum Gasteiger partial charge on any atom is -0.394 e. The average Bonchev–Trinajstić information content (AvgIpc) is 3.03. The fraction of sp³-hybridized carbons (Fsp3) is 1.00. The van der Waals surface area contributed by atoms with Gasteiger partial charge in [-0.25, -0.2) is 0 Å². The fourth-order valence-corrected chi connectivity index (χ4v) is 5.54. The Morgan fingerprint density at radius 2 is 0.711 bits per heavy atom. The van der Waals surface area contributed by atoms with E-state index in [1.54, 1.807) is 0 Å². The van der Waals surface area contributed by atoms with Crippen LogP contribution < -0.4 is 0 Å². The molecule has 20 atom stereocenters. The summed E-state index contributed by atoms with van der Waals surface area (Å²) in [5, 5.41) is 142. The molecule has 4 saturated heterocycles. The highest BCUT2D eigenvalue weighted by Gasteiger charge is 2.55. The number of hydrogen-bond acceptors (Lipinski definition) is 21. The Morgan fingerprint density at radius 1 is 0.333 bits per heavy atom. The normalized spacial score (nSPS) is 52.9. The molecule has 4 rings (SSSR count). The number of aliphatic hydroxyl groups is 14. The van der Waals surface area contributed by atoms with Crippen LogP contribution in [0.25, 0.3) is 0 Å². The molecular formula is C24H42O21. The molecule has 14 N–H and O–H groups in total. The number of hydrogen-bond donors (Lipinski definition) is 14. The van der Waals surface area contributed by atoms with Gasteiger partial charge in [0, 0.05) is 0 Å². The van der Waals surface area contributed by atoms with Crippen LogP contribution in [0.4, 0.5) is 0 Å². The topological polar surface area (TPSA) is 348 Å². The zero-order valence-electron chi connectivity index (χ0n) is 23.5. The van der Waals surface area contributed by atoms with E-state index in [0.29, 0.717) is 0 Å². The lowest BCUT2D eigenvalue weighted by molar-refractivity contribution is -0.388. The number of aliphatic hydroxyl groups excluding tert-OH is 14. The van der Waals surface area contributed by atoms with Gasteiger partial charge in [-0.05, 0) is 0 Å². The van der Waals surface area contributed by atoms with Gasteiger partial charge in [-0.2, -0.15) is 0 Å². The Labute approximate surface area is 254 Å². The number of ether oxygens (including phenoxy) is 7. The van der Waals surface area contributed by atoms with Crippen LogP contribution in [-0.2, 0) is 33.2 Å². The molecule has 21 nitrogen and oxygen atoms in total. The lowest BCUT2D eigenvalue weighted by Crippen LogP contribution is -2.67. The van der Waals surface area contributed by atoms with E-state index in [9.17, 15) is 71.5 Å². The fourth-order valence-electron chi connectivity index (χ4n) is 5.54. The minimum atomic E-state index is -2.02. The van der Waals surface area contributed by atoms with Gasteiger partial charge in [-0.15, -0.1) is 0 Å². The van der Waals surface area contributed by atoms with E-state index >= 15 is 0 Å². The molecule has 21 heteroatoms. The second-order valence-electron chi connectivity index (χ2n) is 11.1. The molecule has 0 amide bonds. The van der Waals surface area contributed by atoms with Gasteiger partial charge in [-0.1, -0.05) is 0 Å². The summed E-state index contributed by atoms with van der Waals surface area (Å²) >= 11 is 0. The molecule has 264 valence electrons. The number of rotatable bonds is 10. The Kier molecular flexibility index (Phi) is 12.8. The van der Waals surface area contributed by atoms with Crippen molar-refractivity contribution >= 4 is 0 Å². The van der Waals surface area contributed by atoms with Crippen molar-refractivity contribution in [2.24, 2.45) is 0 Å². The SMILES string of the molecule is OC[C@H]1O[C@@H](O[C@H]2[C@@H](O)[C@@H](CO)O[C@@H](O[C@H]3[C@H](O)[C@@H](O)[C@H](O[C@@H]4[C@H](O)[C@@H](O)C(O)O[C@@H]4CO)O[C@@H]3CO)[C@@H]2O)[C@H](O)[C@@H](O)[C@H]1O. The van der Waals surface area contributed by atoms with Gasteiger partial charge in [0.15, 0.2) is 25.2 Å². The first-order valence-corrected chi connectivity index (χ1v) is 14.1. The van der Waals surface area contributed by atoms with Crippen LogP contribution in [-0.4, -0.2) is 221 Å². The van der Waals surface area contributed by atoms with Crippen molar-refractivity contribution in [3.8, 4) is 0 Å². The molecule has 0 aromatic carbocycles. The van der Waals surface area contributed by atoms with Gasteiger partial charge in [0.05, 0.1) is 26.4 Å². The maximum absolute atomic E-state index is 11.0. The van der Waals surface area contributed by atoms with Crippen molar-refractivity contribution in [3.05, 3.63) is 0 Å². The lowest BCUT2D eigenvalue weighted by Gasteiger charge is -2.49. The summed E-state index contributed by atoms with van der Waals surface area (Å²) in [6, 6.07) is 0. The highest BCUT2D eigenvalue weighted by molar-refractivity contribution is 4.97. The molecule has 0 bridgehead atoms. The monoisotopic (exact) mass is 666 g/mol. The zero-order valence-corrected chi connectivity index (χ0v) is 23.5. The molecule has 4 fully saturated rings. The first-order valence-electron chi connectivity index (χ1n) is 14.1. The van der Waals surface area contributed by atoms with E-state index in [0.717, 1.165) is 0 Å². The maximum atomic E-state index is 11.0. The van der Waals surface area contributed by atoms with Gasteiger partial charge < -0.3 is 105 Å². The summed E-state index contributed by atoms with van der Waals surface area (Å²) in [6.45, 7) is -3.41. The van der Waals surface area contributed by atoms with Crippen molar-refractivity contribution < 1.29 is 105 Å². The third-order valence-electron chi connectivity index (χ3n) is 8.20. The van der Waals surface area contributed by atoms with Gasteiger partial charge in [0.1, 0.15) is 97.7 Å². The van der Waals surface area contributed by atoms with E-state index < -0.39 is 149 Å². The summed E-state index contributed by atoms with van der Waals surface area (Å²) < 4.78 is 37.7. The predicted molar refractivity (Wildman–Crippen MR) is 134 cm³/mol. The second kappa shape index (κ2) is 15.6. The molecule has 4 heterocycles. The molecule has 0 aromatic rings. The van der Waals surface area contributed by atoms with E-state index in [1.807, 2.05) is 0 Å². The quantitative estimate of drug-likeness (QED) is 0.103. The van der Waals surface area contributed by atoms with Crippen LogP contribution in [0.3, 0.4) is 0 Å². The molecule has 4 aliphatic heterocycles. The smallest absolute Gasteiger partial charge is 0.187 e. The van der Waals surface area contributed by atoms with Crippen molar-refractivity contribution in [2.45, 2.75) is 123 Å². The van der Waals surface area contributed by atoms with Gasteiger partial charge >= 0.3 is 0 Å². The average molecular weight is 667 g/mol. The standard InChI is InChI=1S/C24H42O21/c25-1-5-9(29)11(31)15(35)22(40-5)45-20-10(30)6(2-26)41-24(17(20)37)44-19-8(4-28)42-23(16(36)13(19)33)43-18-7(3-27)39-21(38)14(34)12(18)32/h5-38H,1-4H2/t5-,6-,7-,8-,9+,10+,11+,12-,13-,14-,15-,16-,17-,18+,19-,20+,21?,22+,23+,24+/m1/s1. The highest BCUT2D eigenvalue weighted by Crippen LogP contribution is 2.34. The second-order valence-corrected chi connectivity index (χ2v) is 11.1. The summed E-state index contributed by atoms with van der Waals surface area (Å²) in [7, 11) is 0. The first kappa shape index (κ1) is 37.0. The van der Waals surface area contributed by atoms with Gasteiger partial charge in [0.2, 0.25) is 0 Å². The van der Waals surface area contributed by atoms with Crippen LogP contribution in [0.5, 0.6) is 0 Å². The van der Waals surface area contributed by atoms with Gasteiger partial charge in [-0.3, -0.25) is 0 Å². The van der Waals surface area contributed by atoms with Crippen LogP contribution in [0.1, 0.15) is 0 Å². The third-order valence-corrected chi connectivity index (χ3v) is 8.20. The predicted octanol–water partition coefficient (Wildman–Crippen LogP) is -9.75. The Balaban J connectivity index is 1.48. The molecular weight excluding hydrogens is 624 g/mol. The van der Waals surface area contributed by atoms with Crippen LogP contribution in [0.15, 0.2) is 0 Å². The van der Waals surface area contributed by atoms with E-state index in [-0.39, 0.29) is 0 Å². The maximum Gasteiger partial charge on any atom is 0.187 e. The molecule has 0 aliphatic carbocycles. The lowest BCUT2D eigenvalue weighted by atomic mass is 9.95. The molecule has 0 aromatic heterocycles. The first-order chi connectivity index (χ1) is 21.3. The molecule has 0 saturated carbocycles. The van der Waals surface area contributed by atoms with E-state index in [4.69, 9.17) is 33.2 Å². The van der Waals surface area contributed by atoms with Gasteiger partial charge in [0.25, 0.3) is 0 Å². The summed E-state index contributed by atoms with van der Waals surface area (Å²) in [5.41, 5.74) is 0. The molecule has 1 unspecified atom stereocenters. The Hall–Kier alpha value is -0.840. The largest absolute Gasteiger partial charge is 0.394 e. The molecule has 0 spiro atoms. The van der Waals surface area contributed by atoms with Crippen molar-refractivity contribution in [1.82, 2.24) is 0 Å². The van der Waals surface area contributed by atoms with Crippen molar-refractivity contribution in [1.29, 1.82) is 0 Å². The van der Waals surface area contributed by atoms with Crippen LogP contribution in [0, 0.1) is 0 Å².